The first-order valence-electron chi connectivity index (χ1n) is 4.48. The molecular weight excluding hydrogens is 192 g/mol. The van der Waals surface area contributed by atoms with Crippen LogP contribution < -0.4 is 10.6 Å². The van der Waals surface area contributed by atoms with Gasteiger partial charge in [-0.25, -0.2) is 4.79 Å². The lowest BCUT2D eigenvalue weighted by Gasteiger charge is -2.06. The third kappa shape index (κ3) is 3.71. The van der Waals surface area contributed by atoms with Crippen LogP contribution in [0.15, 0.2) is 24.3 Å². The number of benzene rings is 1. The predicted molar refractivity (Wildman–Crippen MR) is 58.5 cm³/mol. The van der Waals surface area contributed by atoms with Crippen LogP contribution in [0.2, 0.25) is 0 Å². The molecule has 0 saturated carbocycles. The van der Waals surface area contributed by atoms with Gasteiger partial charge < -0.3 is 15.7 Å². The second kappa shape index (κ2) is 5.68. The first-order chi connectivity index (χ1) is 7.26. The summed E-state index contributed by atoms with van der Waals surface area (Å²) < 4.78 is 0. The number of aliphatic hydroxyl groups is 1. The quantitative estimate of drug-likeness (QED) is 0.637. The summed E-state index contributed by atoms with van der Waals surface area (Å²) in [7, 11) is 0. The molecule has 0 heterocycles. The molecule has 0 bridgehead atoms. The van der Waals surface area contributed by atoms with E-state index in [1.807, 2.05) is 0 Å². The van der Waals surface area contributed by atoms with Crippen molar-refractivity contribution < 1.29 is 9.90 Å². The van der Waals surface area contributed by atoms with Crippen molar-refractivity contribution in [3.8, 4) is 12.3 Å². The molecule has 1 aromatic carbocycles. The normalized spacial score (nSPS) is 9.07. The number of carbonyl (C=O) groups excluding carboxylic acids is 1. The van der Waals surface area contributed by atoms with Crippen LogP contribution in [0, 0.1) is 12.3 Å². The number of terminal acetylenes is 1. The van der Waals surface area contributed by atoms with E-state index in [-0.39, 0.29) is 19.2 Å². The summed E-state index contributed by atoms with van der Waals surface area (Å²) >= 11 is 0. The Morgan fingerprint density at radius 1 is 1.53 bits per heavy atom. The van der Waals surface area contributed by atoms with E-state index < -0.39 is 0 Å². The number of urea groups is 1. The Morgan fingerprint density at radius 3 is 3.00 bits per heavy atom. The van der Waals surface area contributed by atoms with E-state index in [1.54, 1.807) is 24.3 Å². The Kier molecular flexibility index (Phi) is 4.20. The van der Waals surface area contributed by atoms with Gasteiger partial charge in [0.05, 0.1) is 6.61 Å². The third-order valence-corrected chi connectivity index (χ3v) is 1.68. The van der Waals surface area contributed by atoms with Gasteiger partial charge in [0, 0.05) is 17.8 Å². The highest BCUT2D eigenvalue weighted by molar-refractivity contribution is 5.89. The average molecular weight is 204 g/mol. The molecule has 15 heavy (non-hydrogen) atoms. The van der Waals surface area contributed by atoms with Crippen molar-refractivity contribution in [3.63, 3.8) is 0 Å². The number of anilines is 1. The van der Waals surface area contributed by atoms with Gasteiger partial charge in [-0.05, 0) is 18.2 Å². The minimum absolute atomic E-state index is 0.0855. The molecule has 0 aliphatic heterocycles. The van der Waals surface area contributed by atoms with Crippen molar-refractivity contribution in [2.45, 2.75) is 0 Å². The molecule has 1 rings (SSSR count). The summed E-state index contributed by atoms with van der Waals surface area (Å²) in [5, 5.41) is 13.6. The Balaban J connectivity index is 2.57. The highest BCUT2D eigenvalue weighted by Gasteiger charge is 2.00. The topological polar surface area (TPSA) is 61.4 Å². The van der Waals surface area contributed by atoms with Crippen LogP contribution in [0.25, 0.3) is 0 Å². The molecule has 3 N–H and O–H groups in total. The van der Waals surface area contributed by atoms with Crippen molar-refractivity contribution in [2.24, 2.45) is 0 Å². The van der Waals surface area contributed by atoms with Gasteiger partial charge in [0.2, 0.25) is 0 Å². The van der Waals surface area contributed by atoms with Crippen molar-refractivity contribution in [1.29, 1.82) is 0 Å². The smallest absolute Gasteiger partial charge is 0.319 e. The van der Waals surface area contributed by atoms with Crippen molar-refractivity contribution in [3.05, 3.63) is 29.8 Å². The zero-order chi connectivity index (χ0) is 11.1. The van der Waals surface area contributed by atoms with Gasteiger partial charge in [-0.3, -0.25) is 0 Å². The average Bonchev–Trinajstić information content (AvgIpc) is 2.26. The molecule has 0 radical (unpaired) electrons. The zero-order valence-electron chi connectivity index (χ0n) is 8.16. The van der Waals surface area contributed by atoms with E-state index in [2.05, 4.69) is 16.6 Å². The fourth-order valence-electron chi connectivity index (χ4n) is 1.03. The summed E-state index contributed by atoms with van der Waals surface area (Å²) in [5.74, 6) is 2.47. The molecule has 2 amide bonds. The Labute approximate surface area is 88.3 Å². The van der Waals surface area contributed by atoms with E-state index in [9.17, 15) is 4.79 Å². The minimum Gasteiger partial charge on any atom is -0.395 e. The lowest BCUT2D eigenvalue weighted by molar-refractivity contribution is 0.245. The third-order valence-electron chi connectivity index (χ3n) is 1.68. The molecule has 0 fully saturated rings. The zero-order valence-corrected chi connectivity index (χ0v) is 8.16. The molecular formula is C11H12N2O2. The molecule has 0 aliphatic rings. The number of amides is 2. The van der Waals surface area contributed by atoms with Crippen molar-refractivity contribution in [1.82, 2.24) is 5.32 Å². The monoisotopic (exact) mass is 204 g/mol. The Hall–Kier alpha value is -1.99. The molecule has 1 aromatic rings. The summed E-state index contributed by atoms with van der Waals surface area (Å²) in [5.41, 5.74) is 1.33. The van der Waals surface area contributed by atoms with Gasteiger partial charge in [0.25, 0.3) is 0 Å². The lowest BCUT2D eigenvalue weighted by Crippen LogP contribution is -2.30. The van der Waals surface area contributed by atoms with Gasteiger partial charge in [0.1, 0.15) is 0 Å². The number of hydrogen-bond acceptors (Lipinski definition) is 2. The largest absolute Gasteiger partial charge is 0.395 e. The maximum atomic E-state index is 11.2. The summed E-state index contributed by atoms with van der Waals surface area (Å²) in [4.78, 5) is 11.2. The summed E-state index contributed by atoms with van der Waals surface area (Å²) in [6, 6.07) is 6.60. The van der Waals surface area contributed by atoms with E-state index in [0.717, 1.165) is 0 Å². The fourth-order valence-corrected chi connectivity index (χ4v) is 1.03. The number of nitrogens with one attached hydrogen (secondary N) is 2. The molecule has 4 nitrogen and oxygen atoms in total. The van der Waals surface area contributed by atoms with Crippen LogP contribution in [0.3, 0.4) is 0 Å². The Morgan fingerprint density at radius 2 is 2.33 bits per heavy atom. The van der Waals surface area contributed by atoms with Crippen LogP contribution in [0.5, 0.6) is 0 Å². The minimum atomic E-state index is -0.363. The van der Waals surface area contributed by atoms with Gasteiger partial charge in [-0.2, -0.15) is 0 Å². The molecule has 0 aromatic heterocycles. The van der Waals surface area contributed by atoms with E-state index in [1.165, 1.54) is 0 Å². The first-order valence-corrected chi connectivity index (χ1v) is 4.48. The second-order valence-corrected chi connectivity index (χ2v) is 2.83. The van der Waals surface area contributed by atoms with Gasteiger partial charge in [-0.1, -0.05) is 12.0 Å². The van der Waals surface area contributed by atoms with Crippen LogP contribution in [-0.4, -0.2) is 24.3 Å². The number of rotatable bonds is 3. The van der Waals surface area contributed by atoms with Gasteiger partial charge in [-0.15, -0.1) is 6.42 Å². The van der Waals surface area contributed by atoms with Gasteiger partial charge >= 0.3 is 6.03 Å². The number of carbonyl (C=O) groups is 1. The first kappa shape index (κ1) is 11.1. The maximum absolute atomic E-state index is 11.2. The van der Waals surface area contributed by atoms with Crippen LogP contribution >= 0.6 is 0 Å². The maximum Gasteiger partial charge on any atom is 0.319 e. The van der Waals surface area contributed by atoms with E-state index in [4.69, 9.17) is 11.5 Å². The molecule has 4 heteroatoms. The lowest BCUT2D eigenvalue weighted by atomic mass is 10.2. The molecule has 0 aliphatic carbocycles. The second-order valence-electron chi connectivity index (χ2n) is 2.83. The Bertz CT molecular complexity index is 382. The fraction of sp³-hybridized carbons (Fsp3) is 0.182. The van der Waals surface area contributed by atoms with E-state index in [0.29, 0.717) is 11.3 Å². The molecule has 0 spiro atoms. The van der Waals surface area contributed by atoms with Crippen LogP contribution in [0.1, 0.15) is 5.56 Å². The number of hydrogen-bond donors (Lipinski definition) is 3. The van der Waals surface area contributed by atoms with Crippen LogP contribution in [0.4, 0.5) is 10.5 Å². The van der Waals surface area contributed by atoms with Gasteiger partial charge in [0.15, 0.2) is 0 Å². The van der Waals surface area contributed by atoms with Crippen LogP contribution in [-0.2, 0) is 0 Å². The highest BCUT2D eigenvalue weighted by atomic mass is 16.3. The van der Waals surface area contributed by atoms with Crippen molar-refractivity contribution >= 4 is 11.7 Å². The summed E-state index contributed by atoms with van der Waals surface area (Å²) in [6.07, 6.45) is 5.22. The number of aliphatic hydroxyl groups excluding tert-OH is 1. The SMILES string of the molecule is C#Cc1cccc(NC(=O)NCCO)c1. The van der Waals surface area contributed by atoms with Crippen molar-refractivity contribution in [2.75, 3.05) is 18.5 Å². The molecule has 0 unspecified atom stereocenters. The van der Waals surface area contributed by atoms with E-state index >= 15 is 0 Å². The molecule has 78 valence electrons. The highest BCUT2D eigenvalue weighted by Crippen LogP contribution is 2.08. The predicted octanol–water partition coefficient (Wildman–Crippen LogP) is 0.782. The molecule has 0 saturated heterocycles. The molecule has 0 atom stereocenters. The standard InChI is InChI=1S/C11H12N2O2/c1-2-9-4-3-5-10(8-9)13-11(15)12-6-7-14/h1,3-5,8,14H,6-7H2,(H2,12,13,15). The summed E-state index contributed by atoms with van der Waals surface area (Å²) in [6.45, 7) is 0.137.